The van der Waals surface area contributed by atoms with Crippen LogP contribution in [0.2, 0.25) is 0 Å². The molecule has 3 heterocycles. The average molecular weight is 496 g/mol. The van der Waals surface area contributed by atoms with E-state index in [1.54, 1.807) is 11.0 Å². The van der Waals surface area contributed by atoms with Crippen LogP contribution >= 0.6 is 0 Å². The minimum atomic E-state index is -4.32. The molecule has 0 aliphatic carbocycles. The van der Waals surface area contributed by atoms with E-state index in [1.807, 2.05) is 36.7 Å². The molecule has 0 unspecified atom stereocenters. The first-order chi connectivity index (χ1) is 17.1. The van der Waals surface area contributed by atoms with Gasteiger partial charge in [0.1, 0.15) is 17.8 Å². The first-order valence-corrected chi connectivity index (χ1v) is 11.5. The van der Waals surface area contributed by atoms with Gasteiger partial charge in [-0.05, 0) is 55.7 Å². The highest BCUT2D eigenvalue weighted by molar-refractivity contribution is 6.04. The predicted molar refractivity (Wildman–Crippen MR) is 132 cm³/mol. The van der Waals surface area contributed by atoms with Gasteiger partial charge in [-0.2, -0.15) is 18.3 Å². The molecular weight excluding hydrogens is 471 g/mol. The first-order valence-electron chi connectivity index (χ1n) is 11.5. The van der Waals surface area contributed by atoms with E-state index in [0.717, 1.165) is 16.8 Å². The number of halogens is 3. The van der Waals surface area contributed by atoms with Crippen molar-refractivity contribution in [1.29, 1.82) is 0 Å². The van der Waals surface area contributed by atoms with Crippen molar-refractivity contribution in [3.8, 4) is 11.3 Å². The SMILES string of the molecule is CC(C)n1nc(-c2ccc3c(c2)CCN3C(=O)Nc2cccc(CC(F)(F)F)c2)c2c(N)ncnc21. The van der Waals surface area contributed by atoms with E-state index < -0.39 is 18.6 Å². The number of amides is 2. The van der Waals surface area contributed by atoms with Gasteiger partial charge >= 0.3 is 12.2 Å². The molecule has 36 heavy (non-hydrogen) atoms. The summed E-state index contributed by atoms with van der Waals surface area (Å²) in [6.07, 6.45) is -3.33. The van der Waals surface area contributed by atoms with Gasteiger partial charge in [0.05, 0.1) is 11.8 Å². The van der Waals surface area contributed by atoms with Crippen LogP contribution in [-0.4, -0.2) is 38.5 Å². The van der Waals surface area contributed by atoms with Gasteiger partial charge in [-0.3, -0.25) is 4.90 Å². The Morgan fingerprint density at radius 3 is 2.72 bits per heavy atom. The molecule has 8 nitrogen and oxygen atoms in total. The molecule has 0 atom stereocenters. The van der Waals surface area contributed by atoms with Crippen LogP contribution in [0.5, 0.6) is 0 Å². The fraction of sp³-hybridized carbons (Fsp3) is 0.280. The highest BCUT2D eigenvalue weighted by Crippen LogP contribution is 2.36. The number of carbonyl (C=O) groups is 1. The molecule has 2 aromatic carbocycles. The molecule has 0 spiro atoms. The molecular formula is C25H24F3N7O. The monoisotopic (exact) mass is 495 g/mol. The van der Waals surface area contributed by atoms with Crippen molar-refractivity contribution >= 4 is 34.3 Å². The summed E-state index contributed by atoms with van der Waals surface area (Å²) in [5.74, 6) is 0.344. The predicted octanol–water partition coefficient (Wildman–Crippen LogP) is 5.36. The van der Waals surface area contributed by atoms with Crippen LogP contribution in [0.1, 0.15) is 31.0 Å². The number of urea groups is 1. The van der Waals surface area contributed by atoms with Gasteiger partial charge in [-0.25, -0.2) is 19.4 Å². The number of carbonyl (C=O) groups excluding carboxylic acids is 1. The third-order valence-electron chi connectivity index (χ3n) is 6.08. The molecule has 2 aromatic heterocycles. The summed E-state index contributed by atoms with van der Waals surface area (Å²) in [6, 6.07) is 11.1. The van der Waals surface area contributed by atoms with E-state index in [9.17, 15) is 18.0 Å². The lowest BCUT2D eigenvalue weighted by Crippen LogP contribution is -2.33. The molecule has 1 aliphatic rings. The highest BCUT2D eigenvalue weighted by Gasteiger charge is 2.29. The number of anilines is 3. The molecule has 2 amide bonds. The van der Waals surface area contributed by atoms with Gasteiger partial charge in [0.2, 0.25) is 0 Å². The van der Waals surface area contributed by atoms with Crippen molar-refractivity contribution in [2.24, 2.45) is 0 Å². The lowest BCUT2D eigenvalue weighted by molar-refractivity contribution is -0.127. The van der Waals surface area contributed by atoms with Crippen molar-refractivity contribution in [1.82, 2.24) is 19.7 Å². The van der Waals surface area contributed by atoms with E-state index in [2.05, 4.69) is 15.3 Å². The van der Waals surface area contributed by atoms with Gasteiger partial charge in [0, 0.05) is 29.5 Å². The fourth-order valence-corrected chi connectivity index (χ4v) is 4.50. The minimum Gasteiger partial charge on any atom is -0.383 e. The number of nitrogen functional groups attached to an aromatic ring is 1. The van der Waals surface area contributed by atoms with E-state index in [0.29, 0.717) is 41.2 Å². The van der Waals surface area contributed by atoms with Crippen molar-refractivity contribution in [2.45, 2.75) is 38.9 Å². The Kier molecular flexibility index (Phi) is 5.77. The third-order valence-corrected chi connectivity index (χ3v) is 6.08. The molecule has 11 heteroatoms. The smallest absolute Gasteiger partial charge is 0.383 e. The molecule has 4 aromatic rings. The standard InChI is InChI=1S/C25H24F3N7O/c1-14(2)35-23-20(22(29)30-13-31-23)21(33-35)17-6-7-19-16(11-17)8-9-34(19)24(36)32-18-5-3-4-15(10-18)12-25(26,27)28/h3-7,10-11,13-14H,8-9,12H2,1-2H3,(H,32,36)(H2,29,30,31). The summed E-state index contributed by atoms with van der Waals surface area (Å²) in [7, 11) is 0. The molecule has 0 saturated carbocycles. The number of hydrogen-bond acceptors (Lipinski definition) is 5. The number of alkyl halides is 3. The normalized spacial score (nSPS) is 13.4. The number of fused-ring (bicyclic) bond motifs is 2. The molecule has 1 aliphatic heterocycles. The Morgan fingerprint density at radius 2 is 1.97 bits per heavy atom. The summed E-state index contributed by atoms with van der Waals surface area (Å²) in [4.78, 5) is 23.0. The van der Waals surface area contributed by atoms with Gasteiger partial charge in [0.25, 0.3) is 0 Å². The van der Waals surface area contributed by atoms with E-state index in [-0.39, 0.29) is 11.6 Å². The van der Waals surface area contributed by atoms with Crippen molar-refractivity contribution in [3.63, 3.8) is 0 Å². The summed E-state index contributed by atoms with van der Waals surface area (Å²) in [5, 5.41) is 8.14. The second-order valence-corrected chi connectivity index (χ2v) is 9.01. The Hall–Kier alpha value is -4.15. The molecule has 0 bridgehead atoms. The van der Waals surface area contributed by atoms with Crippen LogP contribution in [-0.2, 0) is 12.8 Å². The summed E-state index contributed by atoms with van der Waals surface area (Å²) >= 11 is 0. The van der Waals surface area contributed by atoms with Crippen molar-refractivity contribution in [2.75, 3.05) is 22.5 Å². The third kappa shape index (κ3) is 4.43. The Bertz CT molecular complexity index is 1460. The number of benzene rings is 2. The first kappa shape index (κ1) is 23.6. The second kappa shape index (κ2) is 8.81. The average Bonchev–Trinajstić information content (AvgIpc) is 3.40. The Balaban J connectivity index is 1.41. The van der Waals surface area contributed by atoms with E-state index in [1.165, 1.54) is 24.5 Å². The zero-order chi connectivity index (χ0) is 25.6. The maximum Gasteiger partial charge on any atom is 0.393 e. The lowest BCUT2D eigenvalue weighted by atomic mass is 10.0. The number of nitrogens with zero attached hydrogens (tertiary/aromatic N) is 5. The van der Waals surface area contributed by atoms with E-state index in [4.69, 9.17) is 10.8 Å². The maximum absolute atomic E-state index is 13.0. The molecule has 3 N–H and O–H groups in total. The lowest BCUT2D eigenvalue weighted by Gasteiger charge is -2.19. The maximum atomic E-state index is 13.0. The number of rotatable bonds is 4. The molecule has 186 valence electrons. The largest absolute Gasteiger partial charge is 0.393 e. The van der Waals surface area contributed by atoms with Crippen LogP contribution in [0.4, 0.5) is 35.2 Å². The van der Waals surface area contributed by atoms with Crippen LogP contribution < -0.4 is 16.0 Å². The summed E-state index contributed by atoms with van der Waals surface area (Å²) in [5.41, 5.74) is 10.4. The van der Waals surface area contributed by atoms with Crippen LogP contribution in [0, 0.1) is 0 Å². The second-order valence-electron chi connectivity index (χ2n) is 9.01. The molecule has 0 radical (unpaired) electrons. The number of hydrogen-bond donors (Lipinski definition) is 2. The van der Waals surface area contributed by atoms with E-state index >= 15 is 0 Å². The Morgan fingerprint density at radius 1 is 1.17 bits per heavy atom. The minimum absolute atomic E-state index is 0.0683. The highest BCUT2D eigenvalue weighted by atomic mass is 19.4. The van der Waals surface area contributed by atoms with Gasteiger partial charge in [0.15, 0.2) is 5.65 Å². The van der Waals surface area contributed by atoms with Gasteiger partial charge in [-0.15, -0.1) is 0 Å². The summed E-state index contributed by atoms with van der Waals surface area (Å²) in [6.45, 7) is 4.46. The number of nitrogens with two attached hydrogens (primary N) is 1. The quantitative estimate of drug-likeness (QED) is 0.397. The Labute approximate surface area is 204 Å². The zero-order valence-corrected chi connectivity index (χ0v) is 19.7. The topological polar surface area (TPSA) is 102 Å². The van der Waals surface area contributed by atoms with Crippen LogP contribution in [0.3, 0.4) is 0 Å². The van der Waals surface area contributed by atoms with Crippen LogP contribution in [0.15, 0.2) is 48.8 Å². The molecule has 0 fully saturated rings. The molecule has 5 rings (SSSR count). The zero-order valence-electron chi connectivity index (χ0n) is 19.7. The summed E-state index contributed by atoms with van der Waals surface area (Å²) < 4.78 is 40.0. The van der Waals surface area contributed by atoms with Crippen molar-refractivity contribution < 1.29 is 18.0 Å². The van der Waals surface area contributed by atoms with Crippen LogP contribution in [0.25, 0.3) is 22.3 Å². The van der Waals surface area contributed by atoms with Gasteiger partial charge in [-0.1, -0.05) is 18.2 Å². The molecule has 0 saturated heterocycles. The number of aromatic nitrogens is 4. The van der Waals surface area contributed by atoms with Crippen molar-refractivity contribution in [3.05, 3.63) is 59.9 Å². The number of nitrogens with one attached hydrogen (secondary N) is 1. The van der Waals surface area contributed by atoms with Gasteiger partial charge < -0.3 is 11.1 Å². The fourth-order valence-electron chi connectivity index (χ4n) is 4.50.